The Morgan fingerprint density at radius 2 is 2.19 bits per heavy atom. The third-order valence-corrected chi connectivity index (χ3v) is 4.46. The summed E-state index contributed by atoms with van der Waals surface area (Å²) >= 11 is 1.24. The van der Waals surface area contributed by atoms with Crippen molar-refractivity contribution in [1.82, 2.24) is 15.2 Å². The summed E-state index contributed by atoms with van der Waals surface area (Å²) in [5, 5.41) is 3.42. The minimum atomic E-state index is -0.340. The molecule has 0 radical (unpaired) electrons. The molecule has 0 saturated carbocycles. The molecule has 2 heterocycles. The number of nitrogens with two attached hydrogens (primary N) is 1. The quantitative estimate of drug-likeness (QED) is 0.893. The second-order valence-corrected chi connectivity index (χ2v) is 5.74. The van der Waals surface area contributed by atoms with Gasteiger partial charge in [-0.05, 0) is 25.5 Å². The molecule has 0 bridgehead atoms. The summed E-state index contributed by atoms with van der Waals surface area (Å²) in [4.78, 5) is 30.8. The summed E-state index contributed by atoms with van der Waals surface area (Å²) in [6.45, 7) is 4.36. The smallest absolute Gasteiger partial charge is 0.264 e. The number of aromatic nitrogens is 1. The number of hydrogen-bond acceptors (Lipinski definition) is 5. The molecule has 2 aromatic heterocycles. The average Bonchev–Trinajstić information content (AvgIpc) is 2.82. The van der Waals surface area contributed by atoms with Crippen LogP contribution < -0.4 is 11.1 Å². The van der Waals surface area contributed by atoms with E-state index in [0.29, 0.717) is 17.1 Å². The minimum absolute atomic E-state index is 0.0384. The molecule has 112 valence electrons. The molecule has 0 aliphatic heterocycles. The van der Waals surface area contributed by atoms with Crippen molar-refractivity contribution in [3.8, 4) is 0 Å². The molecule has 0 saturated heterocycles. The van der Waals surface area contributed by atoms with Gasteiger partial charge in [-0.3, -0.25) is 9.59 Å². The number of aryl methyl sites for hydroxylation is 1. The number of likely N-dealkylation sites (N-methyl/N-ethyl adjacent to an activating group) is 1. The SMILES string of the molecule is CCN(C)C(=O)CNC(=O)c1sc2nccc(C)c2c1N. The standard InChI is InChI=1S/C14H18N4O2S/c1-4-18(3)9(19)7-17-13(20)12-11(15)10-8(2)5-6-16-14(10)21-12/h5-6H,4,7,15H2,1-3H3,(H,17,20). The summed E-state index contributed by atoms with van der Waals surface area (Å²) in [5.41, 5.74) is 7.45. The van der Waals surface area contributed by atoms with Gasteiger partial charge in [0.05, 0.1) is 12.2 Å². The number of carbonyl (C=O) groups is 2. The van der Waals surface area contributed by atoms with Gasteiger partial charge >= 0.3 is 0 Å². The first-order valence-electron chi connectivity index (χ1n) is 6.61. The lowest BCUT2D eigenvalue weighted by Gasteiger charge is -2.14. The van der Waals surface area contributed by atoms with Crippen molar-refractivity contribution in [1.29, 1.82) is 0 Å². The number of thiophene rings is 1. The van der Waals surface area contributed by atoms with E-state index in [9.17, 15) is 9.59 Å². The monoisotopic (exact) mass is 306 g/mol. The van der Waals surface area contributed by atoms with Crippen LogP contribution >= 0.6 is 11.3 Å². The Labute approximate surface area is 127 Å². The second kappa shape index (κ2) is 6.09. The number of anilines is 1. The first kappa shape index (κ1) is 15.2. The van der Waals surface area contributed by atoms with Crippen LogP contribution in [0.1, 0.15) is 22.2 Å². The van der Waals surface area contributed by atoms with Crippen LogP contribution in [0, 0.1) is 6.92 Å². The number of nitrogen functional groups attached to an aromatic ring is 1. The van der Waals surface area contributed by atoms with Crippen LogP contribution in [0.25, 0.3) is 10.2 Å². The van der Waals surface area contributed by atoms with Gasteiger partial charge in [0.25, 0.3) is 5.91 Å². The predicted octanol–water partition coefficient (Wildman–Crippen LogP) is 1.40. The molecule has 2 rings (SSSR count). The predicted molar refractivity (Wildman–Crippen MR) is 84.4 cm³/mol. The highest BCUT2D eigenvalue weighted by atomic mass is 32.1. The molecule has 3 N–H and O–H groups in total. The maximum absolute atomic E-state index is 12.2. The van der Waals surface area contributed by atoms with Gasteiger partial charge in [-0.2, -0.15) is 0 Å². The Morgan fingerprint density at radius 3 is 2.81 bits per heavy atom. The molecule has 6 nitrogen and oxygen atoms in total. The zero-order valence-electron chi connectivity index (χ0n) is 12.3. The number of hydrogen-bond donors (Lipinski definition) is 2. The molecule has 7 heteroatoms. The second-order valence-electron chi connectivity index (χ2n) is 4.74. The Bertz CT molecular complexity index is 696. The van der Waals surface area contributed by atoms with Crippen molar-refractivity contribution in [3.05, 3.63) is 22.7 Å². The maximum atomic E-state index is 12.2. The van der Waals surface area contributed by atoms with E-state index in [-0.39, 0.29) is 18.4 Å². The first-order valence-corrected chi connectivity index (χ1v) is 7.43. The first-order chi connectivity index (χ1) is 9.95. The number of carbonyl (C=O) groups excluding carboxylic acids is 2. The fourth-order valence-electron chi connectivity index (χ4n) is 1.92. The summed E-state index contributed by atoms with van der Waals surface area (Å²) in [6, 6.07) is 1.85. The molecular formula is C14H18N4O2S. The summed E-state index contributed by atoms with van der Waals surface area (Å²) in [6.07, 6.45) is 1.69. The highest BCUT2D eigenvalue weighted by molar-refractivity contribution is 7.21. The number of rotatable bonds is 4. The van der Waals surface area contributed by atoms with Crippen LogP contribution in [0.15, 0.2) is 12.3 Å². The van der Waals surface area contributed by atoms with Gasteiger partial charge in [0, 0.05) is 25.2 Å². The van der Waals surface area contributed by atoms with Crippen molar-refractivity contribution < 1.29 is 9.59 Å². The topological polar surface area (TPSA) is 88.3 Å². The van der Waals surface area contributed by atoms with E-state index < -0.39 is 0 Å². The van der Waals surface area contributed by atoms with Crippen LogP contribution in [-0.4, -0.2) is 41.8 Å². The minimum Gasteiger partial charge on any atom is -0.397 e. The van der Waals surface area contributed by atoms with Crippen LogP contribution in [0.2, 0.25) is 0 Å². The van der Waals surface area contributed by atoms with E-state index in [1.807, 2.05) is 19.9 Å². The third kappa shape index (κ3) is 2.97. The van der Waals surface area contributed by atoms with Crippen LogP contribution in [0.5, 0.6) is 0 Å². The summed E-state index contributed by atoms with van der Waals surface area (Å²) < 4.78 is 0. The highest BCUT2D eigenvalue weighted by Gasteiger charge is 2.19. The number of amides is 2. The van der Waals surface area contributed by atoms with Crippen LogP contribution in [0.4, 0.5) is 5.69 Å². The summed E-state index contributed by atoms with van der Waals surface area (Å²) in [5.74, 6) is -0.479. The normalized spacial score (nSPS) is 10.6. The van der Waals surface area contributed by atoms with E-state index >= 15 is 0 Å². The molecule has 0 aliphatic rings. The van der Waals surface area contributed by atoms with Crippen LogP contribution in [0.3, 0.4) is 0 Å². The zero-order valence-corrected chi connectivity index (χ0v) is 13.1. The lowest BCUT2D eigenvalue weighted by Crippen LogP contribution is -2.37. The number of fused-ring (bicyclic) bond motifs is 1. The van der Waals surface area contributed by atoms with Gasteiger partial charge in [0.15, 0.2) is 0 Å². The zero-order chi connectivity index (χ0) is 15.6. The van der Waals surface area contributed by atoms with E-state index in [1.54, 1.807) is 18.1 Å². The molecular weight excluding hydrogens is 288 g/mol. The Balaban J connectivity index is 2.19. The van der Waals surface area contributed by atoms with Gasteiger partial charge in [0.1, 0.15) is 9.71 Å². The Morgan fingerprint density at radius 1 is 1.48 bits per heavy atom. The van der Waals surface area contributed by atoms with E-state index in [1.165, 1.54) is 11.3 Å². The van der Waals surface area contributed by atoms with Crippen molar-refractivity contribution in [2.45, 2.75) is 13.8 Å². The fraction of sp³-hybridized carbons (Fsp3) is 0.357. The molecule has 21 heavy (non-hydrogen) atoms. The lowest BCUT2D eigenvalue weighted by molar-refractivity contribution is -0.128. The van der Waals surface area contributed by atoms with Gasteiger partial charge in [0.2, 0.25) is 5.91 Å². The van der Waals surface area contributed by atoms with Crippen molar-refractivity contribution >= 4 is 39.1 Å². The highest BCUT2D eigenvalue weighted by Crippen LogP contribution is 2.34. The molecule has 2 aromatic rings. The molecule has 0 aliphatic carbocycles. The Kier molecular flexibility index (Phi) is 4.42. The van der Waals surface area contributed by atoms with Gasteiger partial charge < -0.3 is 16.0 Å². The molecule has 0 unspecified atom stereocenters. The van der Waals surface area contributed by atoms with Crippen molar-refractivity contribution in [3.63, 3.8) is 0 Å². The van der Waals surface area contributed by atoms with Gasteiger partial charge in [-0.25, -0.2) is 4.98 Å². The van der Waals surface area contributed by atoms with E-state index in [4.69, 9.17) is 5.73 Å². The molecule has 0 atom stereocenters. The average molecular weight is 306 g/mol. The third-order valence-electron chi connectivity index (χ3n) is 3.34. The number of nitrogens with zero attached hydrogens (tertiary/aromatic N) is 2. The molecule has 2 amide bonds. The van der Waals surface area contributed by atoms with E-state index in [2.05, 4.69) is 10.3 Å². The largest absolute Gasteiger partial charge is 0.397 e. The fourth-order valence-corrected chi connectivity index (χ4v) is 2.98. The summed E-state index contributed by atoms with van der Waals surface area (Å²) in [7, 11) is 1.69. The van der Waals surface area contributed by atoms with Gasteiger partial charge in [-0.1, -0.05) is 0 Å². The lowest BCUT2D eigenvalue weighted by atomic mass is 10.2. The number of nitrogens with one attached hydrogen (secondary N) is 1. The van der Waals surface area contributed by atoms with E-state index in [0.717, 1.165) is 15.8 Å². The molecule has 0 aromatic carbocycles. The van der Waals surface area contributed by atoms with Gasteiger partial charge in [-0.15, -0.1) is 11.3 Å². The van der Waals surface area contributed by atoms with Crippen molar-refractivity contribution in [2.24, 2.45) is 0 Å². The molecule has 0 spiro atoms. The number of pyridine rings is 1. The van der Waals surface area contributed by atoms with Crippen LogP contribution in [-0.2, 0) is 4.79 Å². The maximum Gasteiger partial charge on any atom is 0.264 e. The Hall–Kier alpha value is -2.15. The molecule has 0 fully saturated rings. The van der Waals surface area contributed by atoms with Crippen molar-refractivity contribution in [2.75, 3.05) is 25.9 Å².